The Hall–Kier alpha value is -2.72. The Bertz CT molecular complexity index is 1180. The fourth-order valence-electron chi connectivity index (χ4n) is 3.39. The number of amides is 1. The highest BCUT2D eigenvalue weighted by atomic mass is 32.2. The molecule has 0 unspecified atom stereocenters. The Labute approximate surface area is 198 Å². The largest absolute Gasteiger partial charge is 0.379 e. The van der Waals surface area contributed by atoms with Crippen LogP contribution in [0.4, 0.5) is 5.69 Å². The van der Waals surface area contributed by atoms with E-state index >= 15 is 0 Å². The van der Waals surface area contributed by atoms with Crippen LogP contribution in [0.2, 0.25) is 0 Å². The number of aryl methyl sites for hydroxylation is 1. The standard InChI is InChI=1S/C24H25N3O4S2/c1-18-7-9-20(10-8-18)26-24(28)23(19-5-3-2-4-6-19)32-22-12-11-21(17-25-22)33(29,30)27-13-15-31-16-14-27/h2-12,17,23H,13-16H2,1H3,(H,26,28)/t23-/m1/s1. The maximum atomic E-state index is 13.2. The number of carbonyl (C=O) groups is 1. The zero-order chi connectivity index (χ0) is 23.3. The number of aromatic nitrogens is 1. The Balaban J connectivity index is 1.53. The molecule has 1 amide bonds. The number of rotatable bonds is 7. The molecule has 1 N–H and O–H groups in total. The molecule has 2 heterocycles. The number of sulfonamides is 1. The predicted octanol–water partition coefficient (Wildman–Crippen LogP) is 3.88. The van der Waals surface area contributed by atoms with Gasteiger partial charge in [-0.1, -0.05) is 59.8 Å². The Kier molecular flexibility index (Phi) is 7.44. The summed E-state index contributed by atoms with van der Waals surface area (Å²) in [4.78, 5) is 17.6. The third-order valence-electron chi connectivity index (χ3n) is 5.22. The second-order valence-electron chi connectivity index (χ2n) is 7.61. The lowest BCUT2D eigenvalue weighted by atomic mass is 10.1. The molecular formula is C24H25N3O4S2. The summed E-state index contributed by atoms with van der Waals surface area (Å²) in [5, 5.41) is 2.97. The van der Waals surface area contributed by atoms with E-state index in [1.54, 1.807) is 12.1 Å². The molecule has 0 aliphatic carbocycles. The lowest BCUT2D eigenvalue weighted by molar-refractivity contribution is -0.115. The van der Waals surface area contributed by atoms with Crippen molar-refractivity contribution >= 4 is 33.4 Å². The monoisotopic (exact) mass is 483 g/mol. The molecule has 1 aliphatic heterocycles. The van der Waals surface area contributed by atoms with Crippen LogP contribution in [0.3, 0.4) is 0 Å². The first-order valence-electron chi connectivity index (χ1n) is 10.6. The third-order valence-corrected chi connectivity index (χ3v) is 8.30. The molecule has 2 aromatic carbocycles. The maximum absolute atomic E-state index is 13.2. The van der Waals surface area contributed by atoms with Gasteiger partial charge in [0.15, 0.2) is 0 Å². The average Bonchev–Trinajstić information content (AvgIpc) is 2.85. The molecule has 3 aromatic rings. The molecule has 9 heteroatoms. The minimum Gasteiger partial charge on any atom is -0.379 e. The highest BCUT2D eigenvalue weighted by molar-refractivity contribution is 8.00. The van der Waals surface area contributed by atoms with Crippen LogP contribution in [-0.4, -0.2) is 49.9 Å². The number of morpholine rings is 1. The number of pyridine rings is 1. The second-order valence-corrected chi connectivity index (χ2v) is 10.7. The minimum atomic E-state index is -3.62. The van der Waals surface area contributed by atoms with Gasteiger partial charge in [-0.25, -0.2) is 13.4 Å². The first-order valence-corrected chi connectivity index (χ1v) is 12.9. The fraction of sp³-hybridized carbons (Fsp3) is 0.250. The van der Waals surface area contributed by atoms with Gasteiger partial charge in [0.25, 0.3) is 0 Å². The zero-order valence-corrected chi connectivity index (χ0v) is 19.8. The molecule has 1 fully saturated rings. The van der Waals surface area contributed by atoms with Crippen LogP contribution in [0, 0.1) is 6.92 Å². The third kappa shape index (κ3) is 5.80. The number of carbonyl (C=O) groups excluding carboxylic acids is 1. The Morgan fingerprint density at radius 1 is 1.03 bits per heavy atom. The molecular weight excluding hydrogens is 458 g/mol. The van der Waals surface area contributed by atoms with Crippen LogP contribution in [0.1, 0.15) is 16.4 Å². The Morgan fingerprint density at radius 3 is 2.36 bits per heavy atom. The lowest BCUT2D eigenvalue weighted by Gasteiger charge is -2.25. The molecule has 0 spiro atoms. The number of hydrogen-bond acceptors (Lipinski definition) is 6. The van der Waals surface area contributed by atoms with Crippen LogP contribution < -0.4 is 5.32 Å². The molecule has 7 nitrogen and oxygen atoms in total. The van der Waals surface area contributed by atoms with Gasteiger partial charge in [0, 0.05) is 25.0 Å². The normalized spacial score (nSPS) is 15.7. The summed E-state index contributed by atoms with van der Waals surface area (Å²) in [5.41, 5.74) is 2.66. The van der Waals surface area contributed by atoms with Crippen molar-refractivity contribution in [3.05, 3.63) is 84.1 Å². The Morgan fingerprint density at radius 2 is 1.73 bits per heavy atom. The van der Waals surface area contributed by atoms with Crippen molar-refractivity contribution in [1.29, 1.82) is 0 Å². The van der Waals surface area contributed by atoms with E-state index in [1.165, 1.54) is 22.3 Å². The predicted molar refractivity (Wildman–Crippen MR) is 129 cm³/mol. The average molecular weight is 484 g/mol. The SMILES string of the molecule is Cc1ccc(NC(=O)[C@H](Sc2ccc(S(=O)(=O)N3CCOCC3)cn2)c2ccccc2)cc1. The van der Waals surface area contributed by atoms with E-state index in [0.717, 1.165) is 11.1 Å². The van der Waals surface area contributed by atoms with Gasteiger partial charge in [-0.3, -0.25) is 4.79 Å². The van der Waals surface area contributed by atoms with E-state index in [0.29, 0.717) is 37.0 Å². The van der Waals surface area contributed by atoms with Crippen LogP contribution in [-0.2, 0) is 19.6 Å². The summed E-state index contributed by atoms with van der Waals surface area (Å²) in [6.07, 6.45) is 1.35. The van der Waals surface area contributed by atoms with Gasteiger partial charge in [-0.2, -0.15) is 4.31 Å². The summed E-state index contributed by atoms with van der Waals surface area (Å²) in [7, 11) is -3.62. The van der Waals surface area contributed by atoms with Crippen molar-refractivity contribution in [2.75, 3.05) is 31.6 Å². The van der Waals surface area contributed by atoms with Gasteiger partial charge in [0.2, 0.25) is 15.9 Å². The lowest BCUT2D eigenvalue weighted by Crippen LogP contribution is -2.40. The smallest absolute Gasteiger partial charge is 0.244 e. The van der Waals surface area contributed by atoms with Gasteiger partial charge in [0.1, 0.15) is 10.1 Å². The van der Waals surface area contributed by atoms with Gasteiger partial charge < -0.3 is 10.1 Å². The fourth-order valence-corrected chi connectivity index (χ4v) is 5.71. The molecule has 0 radical (unpaired) electrons. The van der Waals surface area contributed by atoms with Crippen molar-refractivity contribution in [2.45, 2.75) is 22.1 Å². The van der Waals surface area contributed by atoms with Gasteiger partial charge in [0.05, 0.1) is 18.2 Å². The van der Waals surface area contributed by atoms with Crippen LogP contribution in [0.25, 0.3) is 0 Å². The summed E-state index contributed by atoms with van der Waals surface area (Å²) in [6.45, 7) is 3.41. The summed E-state index contributed by atoms with van der Waals surface area (Å²) < 4.78 is 32.3. The summed E-state index contributed by atoms with van der Waals surface area (Å²) >= 11 is 1.28. The van der Waals surface area contributed by atoms with Crippen molar-refractivity contribution in [3.63, 3.8) is 0 Å². The van der Waals surface area contributed by atoms with Crippen LogP contribution >= 0.6 is 11.8 Å². The summed E-state index contributed by atoms with van der Waals surface area (Å²) in [6, 6.07) is 20.2. The van der Waals surface area contributed by atoms with E-state index in [-0.39, 0.29) is 10.8 Å². The molecule has 0 saturated carbocycles. The number of thioether (sulfide) groups is 1. The van der Waals surface area contributed by atoms with E-state index in [2.05, 4.69) is 10.3 Å². The van der Waals surface area contributed by atoms with Crippen LogP contribution in [0.5, 0.6) is 0 Å². The van der Waals surface area contributed by atoms with Crippen LogP contribution in [0.15, 0.2) is 82.8 Å². The molecule has 1 aromatic heterocycles. The van der Waals surface area contributed by atoms with E-state index in [9.17, 15) is 13.2 Å². The highest BCUT2D eigenvalue weighted by Gasteiger charge is 2.27. The quantitative estimate of drug-likeness (QED) is 0.513. The number of nitrogens with one attached hydrogen (secondary N) is 1. The second kappa shape index (κ2) is 10.5. The minimum absolute atomic E-state index is 0.133. The highest BCUT2D eigenvalue weighted by Crippen LogP contribution is 2.35. The maximum Gasteiger partial charge on any atom is 0.244 e. The molecule has 4 rings (SSSR count). The van der Waals surface area contributed by atoms with Gasteiger partial charge in [-0.15, -0.1) is 0 Å². The molecule has 33 heavy (non-hydrogen) atoms. The molecule has 172 valence electrons. The molecule has 1 saturated heterocycles. The van der Waals surface area contributed by atoms with E-state index in [4.69, 9.17) is 4.74 Å². The molecule has 0 bridgehead atoms. The van der Waals surface area contributed by atoms with E-state index < -0.39 is 15.3 Å². The van der Waals surface area contributed by atoms with Crippen molar-refractivity contribution in [3.8, 4) is 0 Å². The molecule has 1 atom stereocenters. The first kappa shape index (κ1) is 23.4. The zero-order valence-electron chi connectivity index (χ0n) is 18.2. The van der Waals surface area contributed by atoms with Crippen molar-refractivity contribution in [1.82, 2.24) is 9.29 Å². The number of nitrogens with zero attached hydrogens (tertiary/aromatic N) is 2. The van der Waals surface area contributed by atoms with Crippen molar-refractivity contribution in [2.24, 2.45) is 0 Å². The molecule has 1 aliphatic rings. The number of ether oxygens (including phenoxy) is 1. The number of anilines is 1. The van der Waals surface area contributed by atoms with Gasteiger partial charge >= 0.3 is 0 Å². The van der Waals surface area contributed by atoms with E-state index in [1.807, 2.05) is 61.5 Å². The number of benzene rings is 2. The van der Waals surface area contributed by atoms with Crippen molar-refractivity contribution < 1.29 is 17.9 Å². The summed E-state index contributed by atoms with van der Waals surface area (Å²) in [5.74, 6) is -0.179. The van der Waals surface area contributed by atoms with Gasteiger partial charge in [-0.05, 0) is 36.8 Å². The number of hydrogen-bond donors (Lipinski definition) is 1. The topological polar surface area (TPSA) is 88.6 Å². The first-order chi connectivity index (χ1) is 15.9.